The van der Waals surface area contributed by atoms with Crippen molar-refractivity contribution in [2.75, 3.05) is 32.1 Å². The molecule has 0 bridgehead atoms. The Kier molecular flexibility index (Phi) is 6.19. The van der Waals surface area contributed by atoms with Crippen molar-refractivity contribution in [1.29, 1.82) is 5.26 Å². The van der Waals surface area contributed by atoms with Crippen LogP contribution in [0.15, 0.2) is 47.1 Å². The monoisotopic (exact) mass is 434 g/mol. The molecule has 3 heterocycles. The van der Waals surface area contributed by atoms with E-state index in [0.717, 1.165) is 22.8 Å². The topological polar surface area (TPSA) is 92.7 Å². The molecular formula is C24H26N4O4. The van der Waals surface area contributed by atoms with E-state index in [4.69, 9.17) is 13.9 Å². The third-order valence-corrected chi connectivity index (χ3v) is 5.59. The first-order valence-corrected chi connectivity index (χ1v) is 10.4. The lowest BCUT2D eigenvalue weighted by molar-refractivity contribution is -0.117. The molecule has 32 heavy (non-hydrogen) atoms. The number of benzene rings is 1. The number of hydrogen-bond donors (Lipinski definition) is 1. The van der Waals surface area contributed by atoms with Gasteiger partial charge in [-0.1, -0.05) is 12.1 Å². The average molecular weight is 434 g/mol. The van der Waals surface area contributed by atoms with Crippen LogP contribution >= 0.6 is 0 Å². The molecule has 1 aromatic carbocycles. The van der Waals surface area contributed by atoms with E-state index < -0.39 is 0 Å². The van der Waals surface area contributed by atoms with Gasteiger partial charge in [0.15, 0.2) is 11.5 Å². The Hall–Kier alpha value is -3.70. The van der Waals surface area contributed by atoms with E-state index >= 15 is 0 Å². The van der Waals surface area contributed by atoms with Gasteiger partial charge in [-0.25, -0.2) is 0 Å². The summed E-state index contributed by atoms with van der Waals surface area (Å²) in [5.74, 6) is 2.47. The maximum atomic E-state index is 12.8. The zero-order chi connectivity index (χ0) is 22.7. The first kappa shape index (κ1) is 21.5. The molecule has 1 unspecified atom stereocenters. The van der Waals surface area contributed by atoms with Crippen LogP contribution in [0.25, 0.3) is 0 Å². The summed E-state index contributed by atoms with van der Waals surface area (Å²) in [5, 5.41) is 12.6. The highest BCUT2D eigenvalue weighted by Crippen LogP contribution is 2.31. The second-order valence-electron chi connectivity index (χ2n) is 7.95. The van der Waals surface area contributed by atoms with Crippen molar-refractivity contribution in [2.24, 2.45) is 0 Å². The summed E-state index contributed by atoms with van der Waals surface area (Å²) in [5.41, 5.74) is 2.22. The van der Waals surface area contributed by atoms with Crippen LogP contribution in [0.1, 0.15) is 22.6 Å². The van der Waals surface area contributed by atoms with Crippen LogP contribution in [0.3, 0.4) is 0 Å². The van der Waals surface area contributed by atoms with Crippen LogP contribution in [-0.2, 0) is 11.3 Å². The van der Waals surface area contributed by atoms with Crippen LogP contribution in [0.2, 0.25) is 0 Å². The standard InChI is InChI=1S/C24H26N4O4/c1-16-17(2)28(13-18-7-6-10-30-18)24(20(16)11-25)26-23(29)14-27(3)12-19-15-31-21-8-4-5-9-22(21)32-19/h4-10,19H,12-15H2,1-3H3,(H,26,29). The summed E-state index contributed by atoms with van der Waals surface area (Å²) >= 11 is 0. The van der Waals surface area contributed by atoms with Gasteiger partial charge in [-0.15, -0.1) is 0 Å². The number of carbonyl (C=O) groups excluding carboxylic acids is 1. The zero-order valence-electron chi connectivity index (χ0n) is 18.4. The van der Waals surface area contributed by atoms with E-state index in [1.54, 1.807) is 6.26 Å². The third-order valence-electron chi connectivity index (χ3n) is 5.59. The van der Waals surface area contributed by atoms with Crippen LogP contribution in [0.5, 0.6) is 11.5 Å². The number of nitriles is 1. The molecule has 3 aromatic rings. The molecule has 1 N–H and O–H groups in total. The van der Waals surface area contributed by atoms with E-state index in [-0.39, 0.29) is 18.6 Å². The fourth-order valence-electron chi connectivity index (χ4n) is 3.87. The Morgan fingerprint density at radius 2 is 2.03 bits per heavy atom. The number of carbonyl (C=O) groups is 1. The largest absolute Gasteiger partial charge is 0.486 e. The van der Waals surface area contributed by atoms with Gasteiger partial charge in [0, 0.05) is 12.2 Å². The minimum atomic E-state index is -0.209. The molecule has 8 nitrogen and oxygen atoms in total. The highest BCUT2D eigenvalue weighted by molar-refractivity contribution is 5.93. The van der Waals surface area contributed by atoms with Gasteiger partial charge in [0.1, 0.15) is 30.4 Å². The lowest BCUT2D eigenvalue weighted by Crippen LogP contribution is -2.42. The van der Waals surface area contributed by atoms with Crippen LogP contribution in [-0.4, -0.2) is 48.2 Å². The Bertz CT molecular complexity index is 1140. The predicted octanol–water partition coefficient (Wildman–Crippen LogP) is 3.33. The number of furan rings is 1. The van der Waals surface area contributed by atoms with Crippen LogP contribution < -0.4 is 14.8 Å². The number of rotatable bonds is 7. The number of hydrogen-bond acceptors (Lipinski definition) is 6. The fraction of sp³-hybridized carbons (Fsp3) is 0.333. The first-order valence-electron chi connectivity index (χ1n) is 10.4. The predicted molar refractivity (Wildman–Crippen MR) is 119 cm³/mol. The number of nitrogens with one attached hydrogen (secondary N) is 1. The summed E-state index contributed by atoms with van der Waals surface area (Å²) in [6, 6.07) is 13.4. The van der Waals surface area contributed by atoms with E-state index in [0.29, 0.717) is 36.8 Å². The molecule has 0 radical (unpaired) electrons. The molecule has 166 valence electrons. The molecule has 8 heteroatoms. The van der Waals surface area contributed by atoms with Crippen molar-refractivity contribution in [3.63, 3.8) is 0 Å². The Morgan fingerprint density at radius 3 is 2.75 bits per heavy atom. The van der Waals surface area contributed by atoms with Gasteiger partial charge in [-0.2, -0.15) is 5.26 Å². The van der Waals surface area contributed by atoms with Crippen LogP contribution in [0, 0.1) is 25.2 Å². The van der Waals surface area contributed by atoms with Gasteiger partial charge in [-0.3, -0.25) is 9.69 Å². The zero-order valence-corrected chi connectivity index (χ0v) is 18.4. The van der Waals surface area contributed by atoms with Crippen molar-refractivity contribution in [3.8, 4) is 17.6 Å². The second kappa shape index (κ2) is 9.20. The van der Waals surface area contributed by atoms with Crippen LogP contribution in [0.4, 0.5) is 5.82 Å². The molecule has 0 saturated carbocycles. The van der Waals surface area contributed by atoms with Crippen molar-refractivity contribution < 1.29 is 18.7 Å². The number of likely N-dealkylation sites (N-methyl/N-ethyl adjacent to an activating group) is 1. The number of ether oxygens (including phenoxy) is 2. The smallest absolute Gasteiger partial charge is 0.239 e. The fourth-order valence-corrected chi connectivity index (χ4v) is 3.87. The Labute approximate surface area is 186 Å². The SMILES string of the molecule is Cc1c(C#N)c(NC(=O)CN(C)CC2COc3ccccc3O2)n(Cc2ccco2)c1C. The maximum absolute atomic E-state index is 12.8. The summed E-state index contributed by atoms with van der Waals surface area (Å²) < 4.78 is 19.1. The molecule has 1 aliphatic rings. The highest BCUT2D eigenvalue weighted by atomic mass is 16.6. The molecule has 0 aliphatic carbocycles. The molecule has 1 atom stereocenters. The van der Waals surface area contributed by atoms with Gasteiger partial charge in [0.25, 0.3) is 0 Å². The molecule has 1 amide bonds. The molecule has 0 saturated heterocycles. The average Bonchev–Trinajstić information content (AvgIpc) is 3.36. The summed E-state index contributed by atoms with van der Waals surface area (Å²) in [6.45, 7) is 5.34. The van der Waals surface area contributed by atoms with Gasteiger partial charge in [0.05, 0.1) is 24.9 Å². The van der Waals surface area contributed by atoms with Gasteiger partial charge in [0.2, 0.25) is 5.91 Å². The van der Waals surface area contributed by atoms with E-state index in [9.17, 15) is 10.1 Å². The minimum Gasteiger partial charge on any atom is -0.486 e. The van der Waals surface area contributed by atoms with E-state index in [1.807, 2.05) is 66.8 Å². The van der Waals surface area contributed by atoms with Gasteiger partial charge in [-0.05, 0) is 50.7 Å². The van der Waals surface area contributed by atoms with Crippen molar-refractivity contribution in [2.45, 2.75) is 26.5 Å². The number of nitrogens with zero attached hydrogens (tertiary/aromatic N) is 3. The lowest BCUT2D eigenvalue weighted by Gasteiger charge is -2.29. The lowest BCUT2D eigenvalue weighted by atomic mass is 10.2. The van der Waals surface area contributed by atoms with Crippen molar-refractivity contribution in [3.05, 3.63) is 65.2 Å². The van der Waals surface area contributed by atoms with Crippen molar-refractivity contribution >= 4 is 11.7 Å². The second-order valence-corrected chi connectivity index (χ2v) is 7.95. The minimum absolute atomic E-state index is 0.149. The van der Waals surface area contributed by atoms with Gasteiger partial charge >= 0.3 is 0 Å². The third kappa shape index (κ3) is 4.48. The van der Waals surface area contributed by atoms with Crippen molar-refractivity contribution in [1.82, 2.24) is 9.47 Å². The number of aromatic nitrogens is 1. The Morgan fingerprint density at radius 1 is 1.25 bits per heavy atom. The molecule has 0 spiro atoms. The number of para-hydroxylation sites is 2. The quantitative estimate of drug-likeness (QED) is 0.613. The van der Waals surface area contributed by atoms with E-state index in [2.05, 4.69) is 11.4 Å². The van der Waals surface area contributed by atoms with E-state index in [1.165, 1.54) is 0 Å². The molecule has 1 aliphatic heterocycles. The van der Waals surface area contributed by atoms with Gasteiger partial charge < -0.3 is 23.8 Å². The molecular weight excluding hydrogens is 408 g/mol. The highest BCUT2D eigenvalue weighted by Gasteiger charge is 2.24. The number of fused-ring (bicyclic) bond motifs is 1. The normalized spacial score (nSPS) is 14.9. The summed E-state index contributed by atoms with van der Waals surface area (Å²) in [7, 11) is 1.85. The first-order chi connectivity index (χ1) is 15.5. The Balaban J connectivity index is 1.41. The number of amides is 1. The maximum Gasteiger partial charge on any atom is 0.239 e. The molecule has 0 fully saturated rings. The molecule has 4 rings (SSSR count). The summed E-state index contributed by atoms with van der Waals surface area (Å²) in [6.07, 6.45) is 1.43. The molecule has 2 aromatic heterocycles. The number of anilines is 1. The summed E-state index contributed by atoms with van der Waals surface area (Å²) in [4.78, 5) is 14.7.